The van der Waals surface area contributed by atoms with Crippen LogP contribution in [-0.2, 0) is 5.41 Å². The second-order valence-corrected chi connectivity index (χ2v) is 15.6. The van der Waals surface area contributed by atoms with Crippen molar-refractivity contribution >= 4 is 43.1 Å². The van der Waals surface area contributed by atoms with Crippen molar-refractivity contribution in [2.75, 3.05) is 0 Å². The molecule has 0 N–H and O–H groups in total. The molecule has 0 aromatic heterocycles. The van der Waals surface area contributed by atoms with Crippen LogP contribution in [0.3, 0.4) is 0 Å². The maximum atomic E-state index is 2.50. The molecule has 0 nitrogen and oxygen atoms in total. The van der Waals surface area contributed by atoms with Crippen LogP contribution in [0.25, 0.3) is 98.7 Å². The summed E-state index contributed by atoms with van der Waals surface area (Å²) in [5, 5.41) is 10.4. The van der Waals surface area contributed by atoms with Gasteiger partial charge in [0.15, 0.2) is 0 Å². The highest BCUT2D eigenvalue weighted by atomic mass is 14.4. The molecule has 0 unspecified atom stereocenters. The number of benzene rings is 10. The molecule has 0 aliphatic heterocycles. The molecule has 0 atom stereocenters. The Kier molecular flexibility index (Phi) is 7.00. The number of hydrogen-bond acceptors (Lipinski definition) is 0. The Morgan fingerprint density at radius 1 is 0.273 bits per heavy atom. The molecule has 0 spiro atoms. The van der Waals surface area contributed by atoms with Crippen LogP contribution >= 0.6 is 0 Å². The van der Waals surface area contributed by atoms with E-state index in [9.17, 15) is 0 Å². The van der Waals surface area contributed by atoms with Gasteiger partial charge in [0.1, 0.15) is 0 Å². The Hall–Kier alpha value is -6.76. The zero-order valence-corrected chi connectivity index (χ0v) is 31.0. The number of hydrogen-bond donors (Lipinski definition) is 0. The van der Waals surface area contributed by atoms with Gasteiger partial charge in [-0.3, -0.25) is 0 Å². The van der Waals surface area contributed by atoms with Gasteiger partial charge >= 0.3 is 0 Å². The third kappa shape index (κ3) is 4.78. The third-order valence-electron chi connectivity index (χ3n) is 12.2. The molecule has 55 heavy (non-hydrogen) atoms. The quantitative estimate of drug-likeness (QED) is 0.127. The molecule has 11 rings (SSSR count). The molecular weight excluding hydrogens is 661 g/mol. The summed E-state index contributed by atoms with van der Waals surface area (Å²) in [6.45, 7) is 4.82. The van der Waals surface area contributed by atoms with E-state index in [2.05, 4.69) is 208 Å². The zero-order chi connectivity index (χ0) is 36.7. The first-order chi connectivity index (χ1) is 27.1. The maximum Gasteiger partial charge on any atom is 0.0165 e. The summed E-state index contributed by atoms with van der Waals surface area (Å²) in [5.41, 5.74) is 15.3. The van der Waals surface area contributed by atoms with Crippen molar-refractivity contribution in [2.45, 2.75) is 19.3 Å². The Morgan fingerprint density at radius 3 is 1.16 bits per heavy atom. The molecule has 0 heterocycles. The van der Waals surface area contributed by atoms with Crippen molar-refractivity contribution < 1.29 is 0 Å². The molecule has 0 bridgehead atoms. The molecule has 1 aliphatic carbocycles. The largest absolute Gasteiger partial charge is 0.0622 e. The summed E-state index contributed by atoms with van der Waals surface area (Å²) in [4.78, 5) is 0. The lowest BCUT2D eigenvalue weighted by Crippen LogP contribution is -2.15. The molecule has 0 saturated carbocycles. The van der Waals surface area contributed by atoms with Gasteiger partial charge in [-0.15, -0.1) is 0 Å². The minimum absolute atomic E-state index is 0.138. The van der Waals surface area contributed by atoms with E-state index >= 15 is 0 Å². The van der Waals surface area contributed by atoms with Gasteiger partial charge in [0.2, 0.25) is 0 Å². The van der Waals surface area contributed by atoms with E-state index in [-0.39, 0.29) is 5.41 Å². The van der Waals surface area contributed by atoms with Gasteiger partial charge in [0.25, 0.3) is 0 Å². The van der Waals surface area contributed by atoms with Crippen LogP contribution in [-0.4, -0.2) is 0 Å². The van der Waals surface area contributed by atoms with Crippen molar-refractivity contribution in [1.82, 2.24) is 0 Å². The molecule has 0 radical (unpaired) electrons. The fraction of sp³-hybridized carbons (Fsp3) is 0.0545. The summed E-state index contributed by atoms with van der Waals surface area (Å²) < 4.78 is 0. The van der Waals surface area contributed by atoms with E-state index in [0.717, 1.165) is 0 Å². The highest BCUT2D eigenvalue weighted by Crippen LogP contribution is 2.56. The zero-order valence-electron chi connectivity index (χ0n) is 31.0. The summed E-state index contributed by atoms with van der Waals surface area (Å²) in [6.07, 6.45) is 0. The Morgan fingerprint density at radius 2 is 0.655 bits per heavy atom. The first-order valence-corrected chi connectivity index (χ1v) is 19.4. The molecular formula is C55H38. The average molecular weight is 699 g/mol. The standard InChI is InChI=1S/C55H38/c1-55(2)50-30-29-37(34-49(50)53-43-23-11-9-21-41(43)42-22-10-16-28-48(42)54(53)55)51-44-24-12-14-26-46(44)52(47-27-15-13-25-45(47)51)40-32-38(35-17-5-3-6-18-35)31-39(33-40)36-19-7-4-8-20-36/h3-34H,1-2H3. The normalized spacial score (nSPS) is 13.1. The van der Waals surface area contributed by atoms with Crippen molar-refractivity contribution in [3.63, 3.8) is 0 Å². The molecule has 10 aromatic carbocycles. The highest BCUT2D eigenvalue weighted by molar-refractivity contribution is 6.23. The van der Waals surface area contributed by atoms with E-state index in [0.29, 0.717) is 0 Å². The van der Waals surface area contributed by atoms with Gasteiger partial charge in [-0.1, -0.05) is 184 Å². The SMILES string of the molecule is CC1(C)c2ccc(-c3c4ccccc4c(-c4cc(-c5ccccc5)cc(-c5ccccc5)c4)c4ccccc34)cc2-c2c1c1ccccc1c1ccccc21. The fourth-order valence-corrected chi connectivity index (χ4v) is 9.77. The predicted molar refractivity (Wildman–Crippen MR) is 236 cm³/mol. The van der Waals surface area contributed by atoms with E-state index in [1.54, 1.807) is 0 Å². The van der Waals surface area contributed by atoms with Gasteiger partial charge in [0, 0.05) is 5.41 Å². The van der Waals surface area contributed by atoms with Crippen molar-refractivity contribution in [2.24, 2.45) is 0 Å². The van der Waals surface area contributed by atoms with E-state index < -0.39 is 0 Å². The Balaban J connectivity index is 1.20. The summed E-state index contributed by atoms with van der Waals surface area (Å²) in [7, 11) is 0. The van der Waals surface area contributed by atoms with E-state index in [1.165, 1.54) is 110 Å². The lowest BCUT2D eigenvalue weighted by atomic mass is 9.79. The molecule has 258 valence electrons. The molecule has 0 fully saturated rings. The Labute approximate surface area is 322 Å². The number of rotatable bonds is 4. The summed E-state index contributed by atoms with van der Waals surface area (Å²) in [6, 6.07) is 72.1. The lowest BCUT2D eigenvalue weighted by Gasteiger charge is -2.24. The highest BCUT2D eigenvalue weighted by Gasteiger charge is 2.38. The van der Waals surface area contributed by atoms with Crippen LogP contribution in [0.4, 0.5) is 0 Å². The smallest absolute Gasteiger partial charge is 0.0165 e. The predicted octanol–water partition coefficient (Wildman–Crippen LogP) is 15.3. The average Bonchev–Trinajstić information content (AvgIpc) is 3.49. The molecule has 1 aliphatic rings. The van der Waals surface area contributed by atoms with Gasteiger partial charge < -0.3 is 0 Å². The summed E-state index contributed by atoms with van der Waals surface area (Å²) in [5.74, 6) is 0. The molecule has 0 heteroatoms. The van der Waals surface area contributed by atoms with Crippen molar-refractivity contribution in [3.05, 3.63) is 205 Å². The van der Waals surface area contributed by atoms with Crippen molar-refractivity contribution in [3.8, 4) is 55.6 Å². The first kappa shape index (κ1) is 31.7. The Bertz CT molecular complexity index is 3030. The van der Waals surface area contributed by atoms with Gasteiger partial charge in [-0.2, -0.15) is 0 Å². The second-order valence-electron chi connectivity index (χ2n) is 15.6. The van der Waals surface area contributed by atoms with Crippen LogP contribution in [0, 0.1) is 0 Å². The molecule has 0 amide bonds. The second kappa shape index (κ2) is 12.1. The van der Waals surface area contributed by atoms with Crippen molar-refractivity contribution in [1.29, 1.82) is 0 Å². The van der Waals surface area contributed by atoms with E-state index in [4.69, 9.17) is 0 Å². The maximum absolute atomic E-state index is 2.50. The fourth-order valence-electron chi connectivity index (χ4n) is 9.77. The minimum atomic E-state index is -0.138. The first-order valence-electron chi connectivity index (χ1n) is 19.4. The van der Waals surface area contributed by atoms with Crippen LogP contribution in [0.5, 0.6) is 0 Å². The summed E-state index contributed by atoms with van der Waals surface area (Å²) >= 11 is 0. The van der Waals surface area contributed by atoms with E-state index in [1.807, 2.05) is 0 Å². The topological polar surface area (TPSA) is 0 Å². The van der Waals surface area contributed by atoms with Gasteiger partial charge in [-0.05, 0) is 134 Å². The monoisotopic (exact) mass is 698 g/mol. The van der Waals surface area contributed by atoms with Gasteiger partial charge in [0.05, 0.1) is 0 Å². The number of fused-ring (bicyclic) bond motifs is 10. The minimum Gasteiger partial charge on any atom is -0.0622 e. The van der Waals surface area contributed by atoms with Crippen LogP contribution in [0.2, 0.25) is 0 Å². The van der Waals surface area contributed by atoms with Crippen LogP contribution in [0.15, 0.2) is 194 Å². The lowest BCUT2D eigenvalue weighted by molar-refractivity contribution is 0.666. The molecule has 0 saturated heterocycles. The third-order valence-corrected chi connectivity index (χ3v) is 12.2. The van der Waals surface area contributed by atoms with Crippen LogP contribution in [0.1, 0.15) is 25.0 Å². The van der Waals surface area contributed by atoms with Crippen LogP contribution < -0.4 is 0 Å². The van der Waals surface area contributed by atoms with Gasteiger partial charge in [-0.25, -0.2) is 0 Å². The molecule has 10 aromatic rings.